The van der Waals surface area contributed by atoms with Gasteiger partial charge in [0, 0.05) is 19.5 Å². The van der Waals surface area contributed by atoms with Crippen LogP contribution in [0.1, 0.15) is 0 Å². The quantitative estimate of drug-likeness (QED) is 0.612. The van der Waals surface area contributed by atoms with Gasteiger partial charge >= 0.3 is 0 Å². The summed E-state index contributed by atoms with van der Waals surface area (Å²) in [4.78, 5) is 12.7. The van der Waals surface area contributed by atoms with Crippen LogP contribution in [-0.4, -0.2) is 43.5 Å². The summed E-state index contributed by atoms with van der Waals surface area (Å²) in [6.45, 7) is 2.34. The van der Waals surface area contributed by atoms with Crippen LogP contribution in [-0.2, 0) is 24.3 Å². The third-order valence-electron chi connectivity index (χ3n) is 1.64. The minimum atomic E-state index is -0.313. The average Bonchev–Trinajstić information content (AvgIpc) is 1.88. The third kappa shape index (κ3) is 3.27. The normalized spacial score (nSPS) is 25.7. The van der Waals surface area contributed by atoms with E-state index in [1.54, 1.807) is 0 Å². The molecule has 0 aromatic rings. The maximum Gasteiger partial charge on any atom is 0.201 e. The second-order valence-electron chi connectivity index (χ2n) is 2.59. The molecule has 0 spiro atoms. The van der Waals surface area contributed by atoms with E-state index < -0.39 is 0 Å². The van der Waals surface area contributed by atoms with Crippen LogP contribution in [0.5, 0.6) is 0 Å². The van der Waals surface area contributed by atoms with Crippen molar-refractivity contribution in [2.75, 3.05) is 26.7 Å². The van der Waals surface area contributed by atoms with Crippen molar-refractivity contribution < 1.29 is 24.3 Å². The fraction of sp³-hybridized carbons (Fsp3) is 0.833. The Kier molecular flexibility index (Phi) is 4.81. The van der Waals surface area contributed by atoms with E-state index >= 15 is 0 Å². The molecule has 1 rings (SSSR count). The molecular weight excluding hydrogens is 233 g/mol. The Balaban J connectivity index is 0.000001000. The van der Waals surface area contributed by atoms with Crippen LogP contribution in [0.25, 0.3) is 5.32 Å². The number of carbonyl (C=O) groups excluding carboxylic acids is 1. The van der Waals surface area contributed by atoms with E-state index in [-0.39, 0.29) is 31.4 Å². The van der Waals surface area contributed by atoms with Crippen molar-refractivity contribution in [3.05, 3.63) is 5.32 Å². The van der Waals surface area contributed by atoms with Crippen LogP contribution in [0, 0.1) is 0 Å². The molecule has 1 radical (unpaired) electrons. The number of nitrogens with zero attached hydrogens (tertiary/aromatic N) is 2. The summed E-state index contributed by atoms with van der Waals surface area (Å²) >= 11 is 0. The molecular formula is C6H12N3ORh-. The van der Waals surface area contributed by atoms with E-state index in [2.05, 4.69) is 10.2 Å². The van der Waals surface area contributed by atoms with Gasteiger partial charge in [-0.3, -0.25) is 4.79 Å². The number of piperazine rings is 1. The van der Waals surface area contributed by atoms with Crippen LogP contribution >= 0.6 is 0 Å². The van der Waals surface area contributed by atoms with Gasteiger partial charge in [0.25, 0.3) is 0 Å². The van der Waals surface area contributed by atoms with E-state index in [1.807, 2.05) is 7.05 Å². The standard InChI is InChI=1S/C6H12N3O.Rh/c1-9-3-2-8-5(4-9)6(7)10;/h5H,2-4H2,1H3,(H2,7,10);/q-1;. The molecule has 1 fully saturated rings. The first-order valence-electron chi connectivity index (χ1n) is 3.34. The zero-order chi connectivity index (χ0) is 7.56. The number of hydrogen-bond acceptors (Lipinski definition) is 2. The fourth-order valence-corrected chi connectivity index (χ4v) is 1.01. The van der Waals surface area contributed by atoms with Crippen molar-refractivity contribution in [3.63, 3.8) is 0 Å². The van der Waals surface area contributed by atoms with Gasteiger partial charge in [0.15, 0.2) is 0 Å². The Morgan fingerprint density at radius 3 is 2.73 bits per heavy atom. The van der Waals surface area contributed by atoms with Gasteiger partial charge in [-0.05, 0) is 26.2 Å². The van der Waals surface area contributed by atoms with Crippen molar-refractivity contribution in [2.24, 2.45) is 5.73 Å². The second-order valence-corrected chi connectivity index (χ2v) is 2.59. The summed E-state index contributed by atoms with van der Waals surface area (Å²) in [5, 5.41) is 4.06. The van der Waals surface area contributed by atoms with E-state index in [1.165, 1.54) is 0 Å². The van der Waals surface area contributed by atoms with Gasteiger partial charge < -0.3 is 16.0 Å². The van der Waals surface area contributed by atoms with Crippen molar-refractivity contribution in [1.82, 2.24) is 4.90 Å². The molecule has 1 heterocycles. The van der Waals surface area contributed by atoms with E-state index in [4.69, 9.17) is 5.73 Å². The maximum atomic E-state index is 10.6. The monoisotopic (exact) mass is 245 g/mol. The molecule has 1 atom stereocenters. The molecule has 67 valence electrons. The van der Waals surface area contributed by atoms with Gasteiger partial charge in [-0.15, -0.1) is 6.54 Å². The molecule has 1 aliphatic heterocycles. The van der Waals surface area contributed by atoms with Crippen LogP contribution in [0.2, 0.25) is 0 Å². The van der Waals surface area contributed by atoms with Crippen LogP contribution in [0.4, 0.5) is 0 Å². The first kappa shape index (κ1) is 11.0. The van der Waals surface area contributed by atoms with Gasteiger partial charge in [0.05, 0.1) is 0 Å². The van der Waals surface area contributed by atoms with Gasteiger partial charge in [0.1, 0.15) is 0 Å². The van der Waals surface area contributed by atoms with E-state index in [0.717, 1.165) is 13.1 Å². The van der Waals surface area contributed by atoms with Crippen molar-refractivity contribution >= 4 is 5.91 Å². The van der Waals surface area contributed by atoms with Crippen LogP contribution in [0.3, 0.4) is 0 Å². The summed E-state index contributed by atoms with van der Waals surface area (Å²) in [7, 11) is 1.96. The minimum absolute atomic E-state index is 0. The summed E-state index contributed by atoms with van der Waals surface area (Å²) in [6, 6.07) is -0.279. The number of likely N-dealkylation sites (N-methyl/N-ethyl adjacent to an activating group) is 1. The molecule has 0 aromatic heterocycles. The molecule has 2 N–H and O–H groups in total. The smallest absolute Gasteiger partial charge is 0.201 e. The number of amides is 1. The van der Waals surface area contributed by atoms with E-state index in [9.17, 15) is 4.79 Å². The Bertz CT molecular complexity index is 142. The number of hydrogen-bond donors (Lipinski definition) is 1. The average molecular weight is 245 g/mol. The predicted octanol–water partition coefficient (Wildman–Crippen LogP) is -0.843. The Morgan fingerprint density at radius 2 is 2.36 bits per heavy atom. The summed E-state index contributed by atoms with van der Waals surface area (Å²) in [5.74, 6) is -0.313. The Labute approximate surface area is 79.3 Å². The number of carbonyl (C=O) groups is 1. The maximum absolute atomic E-state index is 10.6. The molecule has 11 heavy (non-hydrogen) atoms. The molecule has 5 heteroatoms. The van der Waals surface area contributed by atoms with Crippen molar-refractivity contribution in [1.29, 1.82) is 0 Å². The first-order chi connectivity index (χ1) is 4.70. The number of primary amides is 1. The molecule has 1 amide bonds. The van der Waals surface area contributed by atoms with Gasteiger partial charge in [-0.25, -0.2) is 0 Å². The van der Waals surface area contributed by atoms with Gasteiger partial charge in [-0.1, -0.05) is 0 Å². The molecule has 1 unspecified atom stereocenters. The molecule has 1 aliphatic rings. The van der Waals surface area contributed by atoms with Crippen molar-refractivity contribution in [2.45, 2.75) is 6.04 Å². The largest absolute Gasteiger partial charge is 0.650 e. The Hall–Kier alpha value is 0.0134. The first-order valence-corrected chi connectivity index (χ1v) is 3.34. The predicted molar refractivity (Wildman–Crippen MR) is 38.7 cm³/mol. The Morgan fingerprint density at radius 1 is 1.73 bits per heavy atom. The molecule has 4 nitrogen and oxygen atoms in total. The molecule has 0 bridgehead atoms. The fourth-order valence-electron chi connectivity index (χ4n) is 1.01. The summed E-state index contributed by atoms with van der Waals surface area (Å²) in [5.41, 5.74) is 5.07. The molecule has 0 saturated carbocycles. The molecule has 0 aliphatic carbocycles. The molecule has 1 saturated heterocycles. The van der Waals surface area contributed by atoms with Crippen LogP contribution < -0.4 is 5.73 Å². The van der Waals surface area contributed by atoms with Gasteiger partial charge in [-0.2, -0.15) is 0 Å². The third-order valence-corrected chi connectivity index (χ3v) is 1.64. The summed E-state index contributed by atoms with van der Waals surface area (Å²) in [6.07, 6.45) is 0. The molecule has 0 aromatic carbocycles. The number of rotatable bonds is 1. The summed E-state index contributed by atoms with van der Waals surface area (Å²) < 4.78 is 0. The second kappa shape index (κ2) is 4.80. The SMILES string of the molecule is CN1CC[N-]C(C(N)=O)C1.[Rh]. The minimum Gasteiger partial charge on any atom is -0.650 e. The zero-order valence-electron chi connectivity index (χ0n) is 6.41. The van der Waals surface area contributed by atoms with E-state index in [0.29, 0.717) is 6.54 Å². The zero-order valence-corrected chi connectivity index (χ0v) is 8.05. The van der Waals surface area contributed by atoms with Crippen LogP contribution in [0.15, 0.2) is 0 Å². The van der Waals surface area contributed by atoms with Crippen molar-refractivity contribution in [3.8, 4) is 0 Å². The topological polar surface area (TPSA) is 60.4 Å². The van der Waals surface area contributed by atoms with Gasteiger partial charge in [0.2, 0.25) is 5.91 Å². The number of nitrogens with two attached hydrogens (primary N) is 1.